The van der Waals surface area contributed by atoms with Crippen molar-refractivity contribution < 1.29 is 14.2 Å². The Bertz CT molecular complexity index is 530. The molecule has 0 aromatic heterocycles. The van der Waals surface area contributed by atoms with Gasteiger partial charge in [0.05, 0.1) is 13.2 Å². The van der Waals surface area contributed by atoms with Crippen LogP contribution in [0.5, 0.6) is 0 Å². The molecule has 0 aliphatic carbocycles. The molecule has 0 aliphatic rings. The van der Waals surface area contributed by atoms with E-state index in [0.29, 0.717) is 6.61 Å². The van der Waals surface area contributed by atoms with E-state index in [-0.39, 0.29) is 12.4 Å². The number of hydrogen-bond acceptors (Lipinski definition) is 3. The van der Waals surface area contributed by atoms with E-state index < -0.39 is 5.54 Å². The second kappa shape index (κ2) is 6.50. The zero-order chi connectivity index (χ0) is 14.4. The van der Waals surface area contributed by atoms with Crippen molar-refractivity contribution >= 4 is 5.69 Å². The third kappa shape index (κ3) is 3.15. The standard InChI is InChI=1S/C16H18FNO2/c1-20-12-16(11-19,13-5-3-2-4-6-13)18-15-9-7-14(17)8-10-15/h2-10,18-19H,11-12H2,1H3. The lowest BCUT2D eigenvalue weighted by Crippen LogP contribution is -2.43. The van der Waals surface area contributed by atoms with Crippen LogP contribution in [-0.4, -0.2) is 25.4 Å². The lowest BCUT2D eigenvalue weighted by atomic mass is 9.91. The molecule has 0 saturated heterocycles. The lowest BCUT2D eigenvalue weighted by Gasteiger charge is -2.34. The number of hydrogen-bond donors (Lipinski definition) is 2. The van der Waals surface area contributed by atoms with Crippen molar-refractivity contribution in [1.82, 2.24) is 0 Å². The van der Waals surface area contributed by atoms with E-state index in [2.05, 4.69) is 5.32 Å². The zero-order valence-electron chi connectivity index (χ0n) is 11.3. The highest BCUT2D eigenvalue weighted by Gasteiger charge is 2.31. The lowest BCUT2D eigenvalue weighted by molar-refractivity contribution is 0.0978. The van der Waals surface area contributed by atoms with E-state index in [9.17, 15) is 9.50 Å². The molecular weight excluding hydrogens is 257 g/mol. The molecule has 2 rings (SSSR count). The summed E-state index contributed by atoms with van der Waals surface area (Å²) in [5, 5.41) is 13.1. The normalized spacial score (nSPS) is 13.8. The van der Waals surface area contributed by atoms with Crippen molar-refractivity contribution in [3.05, 3.63) is 66.0 Å². The third-order valence-electron chi connectivity index (χ3n) is 3.21. The second-order valence-electron chi connectivity index (χ2n) is 4.67. The third-order valence-corrected chi connectivity index (χ3v) is 3.21. The van der Waals surface area contributed by atoms with Gasteiger partial charge in [-0.05, 0) is 29.8 Å². The molecule has 2 N–H and O–H groups in total. The minimum absolute atomic E-state index is 0.137. The van der Waals surface area contributed by atoms with Crippen molar-refractivity contribution in [2.75, 3.05) is 25.6 Å². The second-order valence-corrected chi connectivity index (χ2v) is 4.67. The SMILES string of the molecule is COCC(CO)(Nc1ccc(F)cc1)c1ccccc1. The van der Waals surface area contributed by atoms with Crippen LogP contribution in [0.4, 0.5) is 10.1 Å². The summed E-state index contributed by atoms with van der Waals surface area (Å²) >= 11 is 0. The topological polar surface area (TPSA) is 41.5 Å². The van der Waals surface area contributed by atoms with Crippen LogP contribution in [0.2, 0.25) is 0 Å². The van der Waals surface area contributed by atoms with Crippen molar-refractivity contribution in [1.29, 1.82) is 0 Å². The number of ether oxygens (including phenoxy) is 1. The van der Waals surface area contributed by atoms with E-state index in [1.54, 1.807) is 19.2 Å². The monoisotopic (exact) mass is 275 g/mol. The van der Waals surface area contributed by atoms with Crippen LogP contribution in [0.15, 0.2) is 54.6 Å². The Labute approximate surface area is 118 Å². The van der Waals surface area contributed by atoms with Gasteiger partial charge in [-0.15, -0.1) is 0 Å². The summed E-state index contributed by atoms with van der Waals surface area (Å²) in [4.78, 5) is 0. The van der Waals surface area contributed by atoms with Crippen molar-refractivity contribution in [2.45, 2.75) is 5.54 Å². The molecule has 2 aromatic rings. The molecule has 0 radical (unpaired) electrons. The first-order chi connectivity index (χ1) is 9.70. The largest absolute Gasteiger partial charge is 0.393 e. The Morgan fingerprint density at radius 1 is 1.10 bits per heavy atom. The first-order valence-electron chi connectivity index (χ1n) is 6.39. The van der Waals surface area contributed by atoms with Crippen molar-refractivity contribution in [2.24, 2.45) is 0 Å². The maximum atomic E-state index is 13.0. The quantitative estimate of drug-likeness (QED) is 0.851. The smallest absolute Gasteiger partial charge is 0.123 e. The number of benzene rings is 2. The van der Waals surface area contributed by atoms with Gasteiger partial charge in [-0.2, -0.15) is 0 Å². The predicted octanol–water partition coefficient (Wildman–Crippen LogP) is 2.77. The number of methoxy groups -OCH3 is 1. The van der Waals surface area contributed by atoms with E-state index in [1.807, 2.05) is 30.3 Å². The van der Waals surface area contributed by atoms with Gasteiger partial charge in [0.1, 0.15) is 11.4 Å². The fourth-order valence-corrected chi connectivity index (χ4v) is 2.18. The first kappa shape index (κ1) is 14.5. The molecule has 0 heterocycles. The zero-order valence-corrected chi connectivity index (χ0v) is 11.3. The summed E-state index contributed by atoms with van der Waals surface area (Å²) in [7, 11) is 1.58. The molecule has 0 bridgehead atoms. The molecule has 0 fully saturated rings. The molecule has 20 heavy (non-hydrogen) atoms. The molecule has 3 nitrogen and oxygen atoms in total. The summed E-state index contributed by atoms with van der Waals surface area (Å²) < 4.78 is 18.2. The number of aliphatic hydroxyl groups excluding tert-OH is 1. The predicted molar refractivity (Wildman–Crippen MR) is 77.1 cm³/mol. The Balaban J connectivity index is 2.34. The van der Waals surface area contributed by atoms with Crippen LogP contribution < -0.4 is 5.32 Å². The average molecular weight is 275 g/mol. The fourth-order valence-electron chi connectivity index (χ4n) is 2.18. The number of aliphatic hydroxyl groups is 1. The van der Waals surface area contributed by atoms with Crippen LogP contribution in [-0.2, 0) is 10.3 Å². The van der Waals surface area contributed by atoms with Crippen LogP contribution in [0.3, 0.4) is 0 Å². The number of rotatable bonds is 6. The van der Waals surface area contributed by atoms with Crippen LogP contribution >= 0.6 is 0 Å². The molecule has 1 atom stereocenters. The highest BCUT2D eigenvalue weighted by atomic mass is 19.1. The van der Waals surface area contributed by atoms with E-state index in [0.717, 1.165) is 11.3 Å². The molecule has 0 saturated carbocycles. The Morgan fingerprint density at radius 3 is 2.30 bits per heavy atom. The number of halogens is 1. The van der Waals surface area contributed by atoms with Crippen molar-refractivity contribution in [3.63, 3.8) is 0 Å². The van der Waals surface area contributed by atoms with Gasteiger partial charge < -0.3 is 15.2 Å². The highest BCUT2D eigenvalue weighted by molar-refractivity contribution is 5.48. The Morgan fingerprint density at radius 2 is 1.75 bits per heavy atom. The van der Waals surface area contributed by atoms with E-state index in [1.165, 1.54) is 12.1 Å². The number of nitrogens with one attached hydrogen (secondary N) is 1. The maximum absolute atomic E-state index is 13.0. The van der Waals surface area contributed by atoms with Gasteiger partial charge >= 0.3 is 0 Å². The molecule has 2 aromatic carbocycles. The summed E-state index contributed by atoms with van der Waals surface area (Å²) in [5.41, 5.74) is 0.878. The maximum Gasteiger partial charge on any atom is 0.123 e. The Hall–Kier alpha value is -1.91. The summed E-state index contributed by atoms with van der Waals surface area (Å²) in [6.07, 6.45) is 0. The highest BCUT2D eigenvalue weighted by Crippen LogP contribution is 2.26. The molecular formula is C16H18FNO2. The van der Waals surface area contributed by atoms with E-state index >= 15 is 0 Å². The fraction of sp³-hybridized carbons (Fsp3) is 0.250. The van der Waals surface area contributed by atoms with Gasteiger partial charge in [-0.3, -0.25) is 0 Å². The minimum Gasteiger partial charge on any atom is -0.393 e. The summed E-state index contributed by atoms with van der Waals surface area (Å²) in [6.45, 7) is 0.160. The summed E-state index contributed by atoms with van der Waals surface area (Å²) in [5.74, 6) is -0.295. The van der Waals surface area contributed by atoms with Gasteiger partial charge in [0.25, 0.3) is 0 Å². The van der Waals surface area contributed by atoms with E-state index in [4.69, 9.17) is 4.74 Å². The molecule has 1 unspecified atom stereocenters. The van der Waals surface area contributed by atoms with Gasteiger partial charge in [-0.1, -0.05) is 30.3 Å². The minimum atomic E-state index is -0.756. The molecule has 0 spiro atoms. The summed E-state index contributed by atoms with van der Waals surface area (Å²) in [6, 6.07) is 15.6. The molecule has 0 amide bonds. The average Bonchev–Trinajstić information content (AvgIpc) is 2.50. The van der Waals surface area contributed by atoms with Crippen molar-refractivity contribution in [3.8, 4) is 0 Å². The Kier molecular flexibility index (Phi) is 4.71. The van der Waals surface area contributed by atoms with Gasteiger partial charge in [-0.25, -0.2) is 4.39 Å². The van der Waals surface area contributed by atoms with Gasteiger partial charge in [0.2, 0.25) is 0 Å². The molecule has 0 aliphatic heterocycles. The number of anilines is 1. The first-order valence-corrected chi connectivity index (χ1v) is 6.39. The van der Waals surface area contributed by atoms with Crippen LogP contribution in [0.25, 0.3) is 0 Å². The van der Waals surface area contributed by atoms with Gasteiger partial charge in [0.15, 0.2) is 0 Å². The van der Waals surface area contributed by atoms with Gasteiger partial charge in [0, 0.05) is 12.8 Å². The van der Waals surface area contributed by atoms with Crippen LogP contribution in [0, 0.1) is 5.82 Å². The molecule has 106 valence electrons. The van der Waals surface area contributed by atoms with Crippen LogP contribution in [0.1, 0.15) is 5.56 Å². The molecule has 4 heteroatoms.